The molecule has 0 saturated carbocycles. The maximum absolute atomic E-state index is 12.1. The van der Waals surface area contributed by atoms with Crippen LogP contribution in [0.25, 0.3) is 0 Å². The molecule has 0 fully saturated rings. The van der Waals surface area contributed by atoms with Gasteiger partial charge in [0.2, 0.25) is 0 Å². The molecule has 0 aromatic carbocycles. The third-order valence-corrected chi connectivity index (χ3v) is 2.91. The highest BCUT2D eigenvalue weighted by Gasteiger charge is 2.24. The molecule has 0 bridgehead atoms. The number of aliphatic hydroxyl groups is 2. The molecule has 3 N–H and O–H groups in total. The van der Waals surface area contributed by atoms with Gasteiger partial charge in [-0.05, 0) is 39.5 Å². The molecule has 19 heavy (non-hydrogen) atoms. The molecule has 2 unspecified atom stereocenters. The number of nitrogens with one attached hydrogen (secondary N) is 1. The van der Waals surface area contributed by atoms with Crippen molar-refractivity contribution < 1.29 is 15.0 Å². The summed E-state index contributed by atoms with van der Waals surface area (Å²) in [4.78, 5) is 13.7. The van der Waals surface area contributed by atoms with Gasteiger partial charge >= 0.3 is 6.03 Å². The van der Waals surface area contributed by atoms with E-state index >= 15 is 0 Å². The fourth-order valence-electron chi connectivity index (χ4n) is 2.10. The van der Waals surface area contributed by atoms with Crippen LogP contribution in [-0.4, -0.2) is 52.5 Å². The Kier molecular flexibility index (Phi) is 7.37. The van der Waals surface area contributed by atoms with Crippen LogP contribution in [0, 0.1) is 5.41 Å². The van der Waals surface area contributed by atoms with Gasteiger partial charge in [0.1, 0.15) is 0 Å². The second-order valence-electron chi connectivity index (χ2n) is 6.47. The van der Waals surface area contributed by atoms with E-state index in [4.69, 9.17) is 0 Å². The van der Waals surface area contributed by atoms with E-state index < -0.39 is 6.10 Å². The molecule has 0 aliphatic carbocycles. The number of aliphatic hydroxyl groups excluding tert-OH is 2. The van der Waals surface area contributed by atoms with Crippen molar-refractivity contribution in [2.24, 2.45) is 5.41 Å². The van der Waals surface area contributed by atoms with E-state index in [1.54, 1.807) is 18.7 Å². The summed E-state index contributed by atoms with van der Waals surface area (Å²) in [5.41, 5.74) is -0.155. The van der Waals surface area contributed by atoms with E-state index in [-0.39, 0.29) is 23.6 Å². The number of nitrogens with zero attached hydrogens (tertiary/aromatic N) is 1. The van der Waals surface area contributed by atoms with Crippen molar-refractivity contribution in [3.63, 3.8) is 0 Å². The quantitative estimate of drug-likeness (QED) is 0.660. The lowest BCUT2D eigenvalue weighted by molar-refractivity contribution is 0.110. The van der Waals surface area contributed by atoms with Crippen LogP contribution in [-0.2, 0) is 0 Å². The molecule has 5 heteroatoms. The summed E-state index contributed by atoms with van der Waals surface area (Å²) in [6.07, 6.45) is -0.296. The largest absolute Gasteiger partial charge is 0.393 e. The Morgan fingerprint density at radius 1 is 1.16 bits per heavy atom. The number of urea groups is 1. The fourth-order valence-corrected chi connectivity index (χ4v) is 2.10. The smallest absolute Gasteiger partial charge is 0.317 e. The van der Waals surface area contributed by atoms with Crippen molar-refractivity contribution >= 4 is 6.03 Å². The number of rotatable bonds is 7. The molecule has 0 spiro atoms. The average molecular weight is 274 g/mol. The predicted octanol–water partition coefficient (Wildman–Crippen LogP) is 1.58. The first-order valence-corrected chi connectivity index (χ1v) is 6.96. The van der Waals surface area contributed by atoms with Crippen LogP contribution in [0.1, 0.15) is 48.0 Å². The number of amides is 2. The van der Waals surface area contributed by atoms with Crippen LogP contribution in [0.3, 0.4) is 0 Å². The highest BCUT2D eigenvalue weighted by Crippen LogP contribution is 2.21. The molecule has 0 rings (SSSR count). The Morgan fingerprint density at radius 3 is 2.05 bits per heavy atom. The second-order valence-corrected chi connectivity index (χ2v) is 6.47. The lowest BCUT2D eigenvalue weighted by Crippen LogP contribution is -2.49. The van der Waals surface area contributed by atoms with Gasteiger partial charge < -0.3 is 20.4 Å². The van der Waals surface area contributed by atoms with Gasteiger partial charge in [0, 0.05) is 19.1 Å². The average Bonchev–Trinajstić information content (AvgIpc) is 2.20. The topological polar surface area (TPSA) is 72.8 Å². The molecule has 2 atom stereocenters. The first kappa shape index (κ1) is 18.2. The molecule has 0 aliphatic heterocycles. The number of carbonyl (C=O) groups excluding carboxylic acids is 1. The fraction of sp³-hybridized carbons (Fsp3) is 0.929. The normalized spacial score (nSPS) is 15.2. The minimum atomic E-state index is -0.543. The third kappa shape index (κ3) is 8.06. The zero-order valence-electron chi connectivity index (χ0n) is 13.1. The van der Waals surface area contributed by atoms with E-state index in [9.17, 15) is 15.0 Å². The minimum absolute atomic E-state index is 0.0366. The summed E-state index contributed by atoms with van der Waals surface area (Å²) in [5.74, 6) is 0. The lowest BCUT2D eigenvalue weighted by Gasteiger charge is -2.31. The van der Waals surface area contributed by atoms with Crippen molar-refractivity contribution in [1.29, 1.82) is 0 Å². The van der Waals surface area contributed by atoms with Gasteiger partial charge in [0.05, 0.1) is 12.2 Å². The second kappa shape index (κ2) is 7.70. The van der Waals surface area contributed by atoms with E-state index in [0.717, 1.165) is 0 Å². The van der Waals surface area contributed by atoms with Crippen molar-refractivity contribution in [1.82, 2.24) is 10.2 Å². The summed E-state index contributed by atoms with van der Waals surface area (Å²) < 4.78 is 0. The van der Waals surface area contributed by atoms with Gasteiger partial charge in [-0.2, -0.15) is 0 Å². The zero-order chi connectivity index (χ0) is 15.2. The van der Waals surface area contributed by atoms with E-state index in [1.807, 2.05) is 27.7 Å². The molecule has 114 valence electrons. The van der Waals surface area contributed by atoms with Crippen molar-refractivity contribution in [2.75, 3.05) is 13.1 Å². The SMILES string of the molecule is CC(O)CN(C(=O)NCC(C)(C)CC(C)O)C(C)C. The van der Waals surface area contributed by atoms with E-state index in [0.29, 0.717) is 19.5 Å². The van der Waals surface area contributed by atoms with Crippen LogP contribution in [0.2, 0.25) is 0 Å². The summed E-state index contributed by atoms with van der Waals surface area (Å²) >= 11 is 0. The standard InChI is InChI=1S/C14H30N2O3/c1-10(2)16(8-12(4)18)13(19)15-9-14(5,6)7-11(3)17/h10-12,17-18H,7-9H2,1-6H3,(H,15,19). The molecule has 0 heterocycles. The van der Waals surface area contributed by atoms with Gasteiger partial charge in [-0.25, -0.2) is 4.79 Å². The molecule has 0 radical (unpaired) electrons. The molecule has 2 amide bonds. The Hall–Kier alpha value is -0.810. The molecule has 0 aromatic rings. The first-order valence-electron chi connectivity index (χ1n) is 6.96. The Balaban J connectivity index is 4.41. The number of hydrogen-bond donors (Lipinski definition) is 3. The van der Waals surface area contributed by atoms with Crippen LogP contribution in [0.5, 0.6) is 0 Å². The van der Waals surface area contributed by atoms with E-state index in [1.165, 1.54) is 0 Å². The van der Waals surface area contributed by atoms with E-state index in [2.05, 4.69) is 5.32 Å². The molecule has 0 aliphatic rings. The maximum atomic E-state index is 12.1. The highest BCUT2D eigenvalue weighted by atomic mass is 16.3. The summed E-state index contributed by atoms with van der Waals surface area (Å²) in [5, 5.41) is 21.7. The van der Waals surface area contributed by atoms with Gasteiger partial charge in [-0.3, -0.25) is 0 Å². The summed E-state index contributed by atoms with van der Waals surface area (Å²) in [6, 6.07) is -0.135. The van der Waals surface area contributed by atoms with Crippen LogP contribution >= 0.6 is 0 Å². The van der Waals surface area contributed by atoms with Crippen LogP contribution in [0.15, 0.2) is 0 Å². The third-order valence-electron chi connectivity index (χ3n) is 2.91. The molecular formula is C14H30N2O3. The highest BCUT2D eigenvalue weighted by molar-refractivity contribution is 5.74. The van der Waals surface area contributed by atoms with Gasteiger partial charge in [0.25, 0.3) is 0 Å². The van der Waals surface area contributed by atoms with Crippen molar-refractivity contribution in [3.05, 3.63) is 0 Å². The maximum Gasteiger partial charge on any atom is 0.317 e. The van der Waals surface area contributed by atoms with Gasteiger partial charge in [0.15, 0.2) is 0 Å². The summed E-state index contributed by atoms with van der Waals surface area (Å²) in [6.45, 7) is 12.1. The minimum Gasteiger partial charge on any atom is -0.393 e. The monoisotopic (exact) mass is 274 g/mol. The molecule has 0 saturated heterocycles. The molecule has 0 aromatic heterocycles. The first-order chi connectivity index (χ1) is 8.55. The Morgan fingerprint density at radius 2 is 1.68 bits per heavy atom. The van der Waals surface area contributed by atoms with Gasteiger partial charge in [-0.15, -0.1) is 0 Å². The Labute approximate surface area is 117 Å². The molecular weight excluding hydrogens is 244 g/mol. The van der Waals surface area contributed by atoms with Crippen molar-refractivity contribution in [2.45, 2.75) is 66.2 Å². The zero-order valence-corrected chi connectivity index (χ0v) is 13.1. The summed E-state index contributed by atoms with van der Waals surface area (Å²) in [7, 11) is 0. The number of carbonyl (C=O) groups is 1. The molecule has 5 nitrogen and oxygen atoms in total. The predicted molar refractivity (Wildman–Crippen MR) is 77.0 cm³/mol. The van der Waals surface area contributed by atoms with Gasteiger partial charge in [-0.1, -0.05) is 13.8 Å². The van der Waals surface area contributed by atoms with Crippen LogP contribution in [0.4, 0.5) is 4.79 Å². The lowest BCUT2D eigenvalue weighted by atomic mass is 9.87. The van der Waals surface area contributed by atoms with Crippen LogP contribution < -0.4 is 5.32 Å². The number of hydrogen-bond acceptors (Lipinski definition) is 3. The van der Waals surface area contributed by atoms with Crippen molar-refractivity contribution in [3.8, 4) is 0 Å². The Bertz CT molecular complexity index is 276.